The maximum absolute atomic E-state index is 12.6. The van der Waals surface area contributed by atoms with Gasteiger partial charge in [0, 0.05) is 23.8 Å². The molecule has 11 heteroatoms. The topological polar surface area (TPSA) is 119 Å². The fourth-order valence-corrected chi connectivity index (χ4v) is 2.80. The average molecular weight is 494 g/mol. The standard InChI is InChI=1S/C11H13BrN2O2.C9H8FN3O2/c1-13-8-6-16-10-4-3-7(12)5-9(10)14(2)11(8)15;10-8-2-1-3-9(13-8)15-7(4-11)5-12-6-14/h3-5,8,13H,6H2,1-2H3;1-6H,11H2/b;7-4+,12-5?. The first-order valence-corrected chi connectivity index (χ1v) is 9.75. The number of nitrogens with one attached hydrogen (secondary N) is 1. The van der Waals surface area contributed by atoms with E-state index in [1.54, 1.807) is 19.0 Å². The molecule has 1 aromatic carbocycles. The Morgan fingerprint density at radius 1 is 1.45 bits per heavy atom. The monoisotopic (exact) mass is 493 g/mol. The minimum absolute atomic E-state index is 0.0133. The van der Waals surface area contributed by atoms with E-state index < -0.39 is 5.95 Å². The first-order valence-electron chi connectivity index (χ1n) is 8.96. The van der Waals surface area contributed by atoms with E-state index in [4.69, 9.17) is 15.2 Å². The first-order chi connectivity index (χ1) is 14.9. The summed E-state index contributed by atoms with van der Waals surface area (Å²) in [6, 6.07) is 9.40. The number of benzene rings is 1. The maximum Gasteiger partial charge on any atom is 0.247 e. The molecule has 0 aliphatic carbocycles. The molecule has 2 amide bonds. The van der Waals surface area contributed by atoms with Gasteiger partial charge < -0.3 is 25.4 Å². The number of nitrogens with two attached hydrogens (primary N) is 1. The molecule has 3 N–H and O–H groups in total. The lowest BCUT2D eigenvalue weighted by molar-refractivity contribution is -0.120. The second-order valence-electron chi connectivity index (χ2n) is 6.01. The Morgan fingerprint density at radius 2 is 2.23 bits per heavy atom. The summed E-state index contributed by atoms with van der Waals surface area (Å²) in [6.45, 7) is 0.355. The van der Waals surface area contributed by atoms with E-state index in [-0.39, 0.29) is 23.6 Å². The second-order valence-corrected chi connectivity index (χ2v) is 6.93. The number of amides is 2. The van der Waals surface area contributed by atoms with Gasteiger partial charge in [0.25, 0.3) is 0 Å². The summed E-state index contributed by atoms with van der Waals surface area (Å²) in [6.07, 6.45) is 2.50. The Balaban J connectivity index is 0.000000221. The molecule has 0 radical (unpaired) electrons. The van der Waals surface area contributed by atoms with Gasteiger partial charge in [-0.05, 0) is 31.3 Å². The van der Waals surface area contributed by atoms with Crippen LogP contribution >= 0.6 is 15.9 Å². The van der Waals surface area contributed by atoms with Crippen LogP contribution in [0.1, 0.15) is 0 Å². The minimum atomic E-state index is -0.670. The van der Waals surface area contributed by atoms with Crippen LogP contribution in [0.15, 0.2) is 57.8 Å². The van der Waals surface area contributed by atoms with Crippen LogP contribution in [0.25, 0.3) is 0 Å². The van der Waals surface area contributed by atoms with Gasteiger partial charge in [-0.1, -0.05) is 22.0 Å². The number of nitrogens with zero attached hydrogens (tertiary/aromatic N) is 3. The number of hydrogen-bond donors (Lipinski definition) is 2. The van der Waals surface area contributed by atoms with Crippen molar-refractivity contribution in [1.82, 2.24) is 10.3 Å². The highest BCUT2D eigenvalue weighted by Gasteiger charge is 2.27. The third-order valence-corrected chi connectivity index (χ3v) is 4.50. The maximum atomic E-state index is 12.6. The van der Waals surface area contributed by atoms with Crippen LogP contribution in [-0.4, -0.2) is 50.3 Å². The summed E-state index contributed by atoms with van der Waals surface area (Å²) in [7, 11) is 3.51. The number of aromatic nitrogens is 1. The van der Waals surface area contributed by atoms with Crippen LogP contribution in [-0.2, 0) is 9.59 Å². The van der Waals surface area contributed by atoms with Crippen molar-refractivity contribution in [2.45, 2.75) is 6.04 Å². The lowest BCUT2D eigenvalue weighted by Gasteiger charge is -2.19. The number of fused-ring (bicyclic) bond motifs is 1. The molecule has 1 aliphatic rings. The fourth-order valence-electron chi connectivity index (χ4n) is 2.45. The Labute approximate surface area is 186 Å². The third kappa shape index (κ3) is 6.86. The highest BCUT2D eigenvalue weighted by molar-refractivity contribution is 9.10. The van der Waals surface area contributed by atoms with Gasteiger partial charge in [-0.3, -0.25) is 9.59 Å². The molecule has 9 nitrogen and oxygen atoms in total. The number of rotatable bonds is 5. The summed E-state index contributed by atoms with van der Waals surface area (Å²) in [4.78, 5) is 30.3. The Hall–Kier alpha value is -3.31. The van der Waals surface area contributed by atoms with E-state index in [1.165, 1.54) is 18.2 Å². The van der Waals surface area contributed by atoms with Crippen molar-refractivity contribution in [3.63, 3.8) is 0 Å². The summed E-state index contributed by atoms with van der Waals surface area (Å²) in [5.41, 5.74) is 5.97. The number of hydrogen-bond acceptors (Lipinski definition) is 7. The lowest BCUT2D eigenvalue weighted by Crippen LogP contribution is -2.45. The molecule has 1 atom stereocenters. The van der Waals surface area contributed by atoms with E-state index >= 15 is 0 Å². The largest absolute Gasteiger partial charge is 0.489 e. The van der Waals surface area contributed by atoms with E-state index in [0.717, 1.165) is 28.3 Å². The molecule has 31 heavy (non-hydrogen) atoms. The highest BCUT2D eigenvalue weighted by Crippen LogP contribution is 2.33. The van der Waals surface area contributed by atoms with Crippen LogP contribution in [0.3, 0.4) is 0 Å². The summed E-state index contributed by atoms with van der Waals surface area (Å²) in [5, 5.41) is 2.95. The summed E-state index contributed by atoms with van der Waals surface area (Å²) in [5.74, 6) is 0.205. The van der Waals surface area contributed by atoms with E-state index in [9.17, 15) is 14.0 Å². The normalized spacial score (nSPS) is 16.0. The van der Waals surface area contributed by atoms with Crippen LogP contribution < -0.4 is 25.4 Å². The molecule has 2 heterocycles. The molecular weight excluding hydrogens is 473 g/mol. The zero-order chi connectivity index (χ0) is 22.8. The predicted octanol–water partition coefficient (Wildman–Crippen LogP) is 2.02. The molecule has 0 saturated heterocycles. The average Bonchev–Trinajstić information content (AvgIpc) is 2.88. The molecule has 0 fully saturated rings. The van der Waals surface area contributed by atoms with Crippen molar-refractivity contribution in [2.24, 2.45) is 10.7 Å². The van der Waals surface area contributed by atoms with Gasteiger partial charge in [-0.15, -0.1) is 0 Å². The number of allylic oxidation sites excluding steroid dienone is 1. The molecular formula is C20H21BrFN5O4. The van der Waals surface area contributed by atoms with Crippen LogP contribution in [0.5, 0.6) is 11.6 Å². The third-order valence-electron chi connectivity index (χ3n) is 4.00. The van der Waals surface area contributed by atoms with Gasteiger partial charge in [0.15, 0.2) is 5.76 Å². The summed E-state index contributed by atoms with van der Waals surface area (Å²) < 4.78 is 24.2. The number of aliphatic imine (C=N–C) groups is 1. The fraction of sp³-hybridized carbons (Fsp3) is 0.200. The van der Waals surface area contributed by atoms with Gasteiger partial charge in [0.05, 0.1) is 11.9 Å². The number of ether oxygens (including phenoxy) is 2. The van der Waals surface area contributed by atoms with E-state index in [0.29, 0.717) is 13.0 Å². The van der Waals surface area contributed by atoms with Crippen molar-refractivity contribution in [2.75, 3.05) is 25.6 Å². The SMILES string of the molecule is CNC1COc2ccc(Br)cc2N(C)C1=O.N/C=C(\C=NC=O)Oc1cccc(F)n1. The second kappa shape index (κ2) is 11.8. The lowest BCUT2D eigenvalue weighted by atomic mass is 10.2. The van der Waals surface area contributed by atoms with E-state index in [1.807, 2.05) is 18.2 Å². The summed E-state index contributed by atoms with van der Waals surface area (Å²) >= 11 is 3.39. The predicted molar refractivity (Wildman–Crippen MR) is 118 cm³/mol. The molecule has 0 spiro atoms. The van der Waals surface area contributed by atoms with Crippen LogP contribution in [0, 0.1) is 5.95 Å². The smallest absolute Gasteiger partial charge is 0.247 e. The zero-order valence-corrected chi connectivity index (χ0v) is 18.4. The Bertz CT molecular complexity index is 986. The molecule has 1 aromatic heterocycles. The van der Waals surface area contributed by atoms with Gasteiger partial charge in [-0.25, -0.2) is 4.99 Å². The van der Waals surface area contributed by atoms with Crippen molar-refractivity contribution in [3.05, 3.63) is 58.8 Å². The van der Waals surface area contributed by atoms with Gasteiger partial charge >= 0.3 is 0 Å². The molecule has 1 aliphatic heterocycles. The van der Waals surface area contributed by atoms with Crippen LogP contribution in [0.4, 0.5) is 10.1 Å². The van der Waals surface area contributed by atoms with Gasteiger partial charge in [0.2, 0.25) is 24.1 Å². The Morgan fingerprint density at radius 3 is 2.87 bits per heavy atom. The number of anilines is 1. The van der Waals surface area contributed by atoms with Crippen molar-refractivity contribution in [1.29, 1.82) is 0 Å². The number of halogens is 2. The Kier molecular flexibility index (Phi) is 9.10. The van der Waals surface area contributed by atoms with Crippen molar-refractivity contribution >= 4 is 40.1 Å². The number of carbonyl (C=O) groups is 2. The molecule has 0 saturated carbocycles. The molecule has 2 aromatic rings. The highest BCUT2D eigenvalue weighted by atomic mass is 79.9. The molecule has 3 rings (SSSR count). The zero-order valence-electron chi connectivity index (χ0n) is 16.8. The van der Waals surface area contributed by atoms with Gasteiger partial charge in [-0.2, -0.15) is 9.37 Å². The first kappa shape index (κ1) is 24.0. The number of carbonyl (C=O) groups excluding carboxylic acids is 2. The molecule has 1 unspecified atom stereocenters. The van der Waals surface area contributed by atoms with Gasteiger partial charge in [0.1, 0.15) is 18.4 Å². The number of pyridine rings is 1. The van der Waals surface area contributed by atoms with E-state index in [2.05, 4.69) is 31.2 Å². The molecule has 164 valence electrons. The van der Waals surface area contributed by atoms with Crippen LogP contribution in [0.2, 0.25) is 0 Å². The quantitative estimate of drug-likeness (QED) is 0.283. The molecule has 0 bridgehead atoms. The van der Waals surface area contributed by atoms with Crippen molar-refractivity contribution in [3.8, 4) is 11.6 Å². The minimum Gasteiger partial charge on any atom is -0.489 e. The number of likely N-dealkylation sites (N-methyl/N-ethyl adjacent to an activating group) is 2. The van der Waals surface area contributed by atoms with Crippen molar-refractivity contribution < 1.29 is 23.5 Å².